The average Bonchev–Trinajstić information content (AvgIpc) is 2.53. The molecule has 0 aromatic heterocycles. The van der Waals surface area contributed by atoms with E-state index in [1.54, 1.807) is 0 Å². The second-order valence-corrected chi connectivity index (χ2v) is 10.2. The average molecular weight is 351 g/mol. The van der Waals surface area contributed by atoms with E-state index in [0.717, 1.165) is 37.0 Å². The number of Topliss-reactive ketones (excluding diaryl/α,β-unsaturated/α-hetero) is 1. The summed E-state index contributed by atoms with van der Waals surface area (Å²) in [6, 6.07) is 4.60. The fourth-order valence-electron chi connectivity index (χ4n) is 4.28. The number of carbonyl (C=O) groups is 1. The van der Waals surface area contributed by atoms with Crippen molar-refractivity contribution in [2.75, 3.05) is 0 Å². The number of hydrogen-bond donors (Lipinski definition) is 0. The minimum atomic E-state index is -0.794. The van der Waals surface area contributed by atoms with Gasteiger partial charge in [0.25, 0.3) is 0 Å². The van der Waals surface area contributed by atoms with Gasteiger partial charge < -0.3 is 4.74 Å². The molecule has 4 rings (SSSR count). The van der Waals surface area contributed by atoms with E-state index in [-0.39, 0.29) is 16.6 Å². The monoisotopic (exact) mass is 350 g/mol. The van der Waals surface area contributed by atoms with Crippen molar-refractivity contribution in [3.63, 3.8) is 0 Å². The molecule has 138 valence electrons. The molecule has 2 aliphatic heterocycles. The second-order valence-electron chi connectivity index (χ2n) is 10.2. The molecule has 1 aliphatic carbocycles. The lowest BCUT2D eigenvalue weighted by Crippen LogP contribution is -2.49. The van der Waals surface area contributed by atoms with Crippen LogP contribution in [0.3, 0.4) is 0 Å². The van der Waals surface area contributed by atoms with Crippen LogP contribution < -0.4 is 4.74 Å². The van der Waals surface area contributed by atoms with Crippen LogP contribution >= 0.6 is 0 Å². The first-order valence-corrected chi connectivity index (χ1v) is 9.84. The summed E-state index contributed by atoms with van der Waals surface area (Å²) in [4.78, 5) is 13.2. The highest BCUT2D eigenvalue weighted by atomic mass is 16.5. The fraction of sp³-hybridized carbons (Fsp3) is 0.542. The zero-order valence-corrected chi connectivity index (χ0v) is 17.0. The van der Waals surface area contributed by atoms with Crippen molar-refractivity contribution in [1.82, 2.24) is 0 Å². The van der Waals surface area contributed by atoms with Gasteiger partial charge in [-0.3, -0.25) is 4.79 Å². The Bertz CT molecular complexity index is 855. The van der Waals surface area contributed by atoms with Crippen molar-refractivity contribution < 1.29 is 9.53 Å². The van der Waals surface area contributed by atoms with Crippen LogP contribution in [0.15, 0.2) is 35.4 Å². The van der Waals surface area contributed by atoms with E-state index in [4.69, 9.17) is 4.74 Å². The summed E-state index contributed by atoms with van der Waals surface area (Å²) in [6.07, 6.45) is 7.57. The predicted molar refractivity (Wildman–Crippen MR) is 106 cm³/mol. The third-order valence-electron chi connectivity index (χ3n) is 6.08. The molecule has 0 saturated carbocycles. The van der Waals surface area contributed by atoms with E-state index < -0.39 is 5.60 Å². The lowest BCUT2D eigenvalue weighted by Gasteiger charge is -2.42. The number of rotatable bonds is 0. The van der Waals surface area contributed by atoms with Crippen LogP contribution in [0.1, 0.15) is 71.1 Å². The summed E-state index contributed by atoms with van der Waals surface area (Å²) >= 11 is 0. The number of fused-ring (bicyclic) bond motifs is 1. The summed E-state index contributed by atoms with van der Waals surface area (Å²) in [7, 11) is 0. The number of benzene rings is 1. The molecule has 1 aromatic rings. The number of allylic oxidation sites excluding steroid dienone is 2. The highest BCUT2D eigenvalue weighted by molar-refractivity contribution is 6.06. The molecule has 0 radical (unpaired) electrons. The topological polar surface area (TPSA) is 26.3 Å². The van der Waals surface area contributed by atoms with Gasteiger partial charge in [-0.1, -0.05) is 59.8 Å². The van der Waals surface area contributed by atoms with Crippen LogP contribution in [-0.4, -0.2) is 11.4 Å². The number of ketones is 1. The maximum absolute atomic E-state index is 13.2. The molecule has 3 aliphatic rings. The van der Waals surface area contributed by atoms with Crippen LogP contribution in [0, 0.1) is 5.41 Å². The summed E-state index contributed by atoms with van der Waals surface area (Å²) in [5.41, 5.74) is 5.41. The van der Waals surface area contributed by atoms with E-state index in [1.165, 1.54) is 22.3 Å². The van der Waals surface area contributed by atoms with Gasteiger partial charge in [-0.25, -0.2) is 0 Å². The predicted octanol–water partition coefficient (Wildman–Crippen LogP) is 5.48. The van der Waals surface area contributed by atoms with E-state index in [0.29, 0.717) is 0 Å². The largest absolute Gasteiger partial charge is 0.474 e. The minimum Gasteiger partial charge on any atom is -0.474 e. The third kappa shape index (κ3) is 2.66. The van der Waals surface area contributed by atoms with Crippen LogP contribution in [0.4, 0.5) is 0 Å². The van der Waals surface area contributed by atoms with Gasteiger partial charge >= 0.3 is 0 Å². The first-order valence-electron chi connectivity index (χ1n) is 9.84. The van der Waals surface area contributed by atoms with Gasteiger partial charge in [-0.15, -0.1) is 0 Å². The molecule has 2 heterocycles. The molecule has 0 saturated heterocycles. The zero-order chi connectivity index (χ0) is 18.9. The molecule has 1 aromatic carbocycles. The Labute approximate surface area is 157 Å². The molecular weight excluding hydrogens is 320 g/mol. The number of carbonyl (C=O) groups excluding carboxylic acids is 1. The van der Waals surface area contributed by atoms with Crippen molar-refractivity contribution in [2.24, 2.45) is 5.41 Å². The van der Waals surface area contributed by atoms with Crippen molar-refractivity contribution >= 4 is 5.78 Å². The number of ether oxygens (including phenoxy) is 1. The molecule has 2 nitrogen and oxygen atoms in total. The lowest BCUT2D eigenvalue weighted by atomic mass is 9.71. The molecule has 1 unspecified atom stereocenters. The van der Waals surface area contributed by atoms with Crippen molar-refractivity contribution in [3.05, 3.63) is 52.1 Å². The van der Waals surface area contributed by atoms with E-state index in [2.05, 4.69) is 65.8 Å². The quantitative estimate of drug-likeness (QED) is 0.620. The van der Waals surface area contributed by atoms with Gasteiger partial charge in [0.1, 0.15) is 5.75 Å². The van der Waals surface area contributed by atoms with Crippen molar-refractivity contribution in [1.29, 1.82) is 0 Å². The Morgan fingerprint density at radius 1 is 0.923 bits per heavy atom. The molecule has 0 N–H and O–H groups in total. The molecule has 0 amide bonds. The lowest BCUT2D eigenvalue weighted by molar-refractivity contribution is -0.128. The first-order chi connectivity index (χ1) is 12.0. The number of hydrogen-bond acceptors (Lipinski definition) is 2. The van der Waals surface area contributed by atoms with E-state index >= 15 is 0 Å². The molecule has 1 atom stereocenters. The summed E-state index contributed by atoms with van der Waals surface area (Å²) < 4.78 is 6.55. The second kappa shape index (κ2) is 5.34. The molecule has 0 fully saturated rings. The highest BCUT2D eigenvalue weighted by Gasteiger charge is 2.47. The Hall–Kier alpha value is -1.83. The Kier molecular flexibility index (Phi) is 3.61. The summed E-state index contributed by atoms with van der Waals surface area (Å²) in [6.45, 7) is 13.4. The van der Waals surface area contributed by atoms with Crippen molar-refractivity contribution in [3.8, 4) is 5.75 Å². The fourth-order valence-corrected chi connectivity index (χ4v) is 4.28. The van der Waals surface area contributed by atoms with Gasteiger partial charge in [0, 0.05) is 12.0 Å². The van der Waals surface area contributed by atoms with Crippen molar-refractivity contribution in [2.45, 2.75) is 78.2 Å². The Balaban J connectivity index is 1.89. The van der Waals surface area contributed by atoms with E-state index in [1.807, 2.05) is 0 Å². The van der Waals surface area contributed by atoms with Gasteiger partial charge in [0.2, 0.25) is 5.78 Å². The molecule has 3 bridgehead atoms. The van der Waals surface area contributed by atoms with Gasteiger partial charge in [0.15, 0.2) is 5.60 Å². The third-order valence-corrected chi connectivity index (χ3v) is 6.08. The van der Waals surface area contributed by atoms with Crippen LogP contribution in [-0.2, 0) is 23.1 Å². The summed E-state index contributed by atoms with van der Waals surface area (Å²) in [5.74, 6) is 1.16. The smallest absolute Gasteiger partial charge is 0.206 e. The highest BCUT2D eigenvalue weighted by Crippen LogP contribution is 2.47. The van der Waals surface area contributed by atoms with Crippen LogP contribution in [0.25, 0.3) is 0 Å². The molecular formula is C24H30O2. The van der Waals surface area contributed by atoms with Gasteiger partial charge in [-0.2, -0.15) is 0 Å². The summed E-state index contributed by atoms with van der Waals surface area (Å²) in [5, 5.41) is 0. The molecule has 1 spiro atoms. The maximum Gasteiger partial charge on any atom is 0.206 e. The Morgan fingerprint density at radius 2 is 1.58 bits per heavy atom. The van der Waals surface area contributed by atoms with Gasteiger partial charge in [0.05, 0.1) is 0 Å². The van der Waals surface area contributed by atoms with Crippen LogP contribution in [0.5, 0.6) is 5.75 Å². The van der Waals surface area contributed by atoms with E-state index in [9.17, 15) is 4.79 Å². The number of aryl methyl sites for hydroxylation is 2. The Morgan fingerprint density at radius 3 is 2.19 bits per heavy atom. The maximum atomic E-state index is 13.2. The first kappa shape index (κ1) is 17.6. The SMILES string of the molecule is CC(C)(C)C1=CC23CCc4cc(C(C)(C)C)cc(c4O2)CCC(=C1)C3=O. The normalized spacial score (nSPS) is 24.9. The minimum absolute atomic E-state index is 0.0146. The molecule has 26 heavy (non-hydrogen) atoms. The zero-order valence-electron chi connectivity index (χ0n) is 17.0. The molecule has 2 heteroatoms. The van der Waals surface area contributed by atoms with Gasteiger partial charge in [-0.05, 0) is 58.4 Å². The van der Waals surface area contributed by atoms with Crippen LogP contribution in [0.2, 0.25) is 0 Å². The standard InChI is InChI=1S/C24H30O2/c1-22(2,3)18-11-15-7-8-17-13-19(23(4,5)6)14-24(21(17)25)10-9-16(12-18)20(15)26-24/h11-14H,7-10H2,1-6H3.